The minimum Gasteiger partial charge on any atom is -0.356 e. The van der Waals surface area contributed by atoms with Gasteiger partial charge in [0.05, 0.1) is 5.01 Å². The average molecular weight is 479 g/mol. The highest BCUT2D eigenvalue weighted by atomic mass is 127. The highest BCUT2D eigenvalue weighted by Crippen LogP contribution is 2.23. The molecule has 1 aromatic heterocycles. The Labute approximate surface area is 171 Å². The number of aromatic nitrogens is 1. The summed E-state index contributed by atoms with van der Waals surface area (Å²) in [5.41, 5.74) is 0. The molecule has 0 bridgehead atoms. The minimum absolute atomic E-state index is 0. The fourth-order valence-corrected chi connectivity index (χ4v) is 3.69. The Bertz CT molecular complexity index is 543. The molecule has 0 aliphatic heterocycles. The van der Waals surface area contributed by atoms with Gasteiger partial charge in [-0.2, -0.15) is 0 Å². The zero-order chi connectivity index (χ0) is 17.2. The number of carbonyl (C=O) groups excluding carboxylic acids is 1. The van der Waals surface area contributed by atoms with Gasteiger partial charge in [-0.05, 0) is 19.8 Å². The summed E-state index contributed by atoms with van der Waals surface area (Å²) in [5.74, 6) is 1.19. The fraction of sp³-hybridized carbons (Fsp3) is 0.706. The summed E-state index contributed by atoms with van der Waals surface area (Å²) < 4.78 is 0. The molecule has 8 heteroatoms. The SMILES string of the molecule is CN=C(NCCNC(=O)C1CCCCC1)NCCc1ncc(C)s1.I. The van der Waals surface area contributed by atoms with Crippen molar-refractivity contribution in [3.63, 3.8) is 0 Å². The summed E-state index contributed by atoms with van der Waals surface area (Å²) >= 11 is 1.73. The van der Waals surface area contributed by atoms with Crippen LogP contribution in [-0.4, -0.2) is 43.5 Å². The summed E-state index contributed by atoms with van der Waals surface area (Å²) in [4.78, 5) is 21.8. The number of aryl methyl sites for hydroxylation is 1. The molecule has 25 heavy (non-hydrogen) atoms. The number of hydrogen-bond acceptors (Lipinski definition) is 4. The zero-order valence-electron chi connectivity index (χ0n) is 15.1. The number of hydrogen-bond donors (Lipinski definition) is 3. The van der Waals surface area contributed by atoms with Crippen LogP contribution >= 0.6 is 35.3 Å². The minimum atomic E-state index is 0. The van der Waals surface area contributed by atoms with Crippen LogP contribution in [0, 0.1) is 12.8 Å². The van der Waals surface area contributed by atoms with Crippen molar-refractivity contribution in [1.29, 1.82) is 0 Å². The lowest BCUT2D eigenvalue weighted by Crippen LogP contribution is -2.43. The van der Waals surface area contributed by atoms with E-state index in [0.717, 1.165) is 36.8 Å². The van der Waals surface area contributed by atoms with E-state index in [-0.39, 0.29) is 35.8 Å². The fourth-order valence-electron chi connectivity index (χ4n) is 2.90. The summed E-state index contributed by atoms with van der Waals surface area (Å²) in [5, 5.41) is 10.7. The quantitative estimate of drug-likeness (QED) is 0.243. The van der Waals surface area contributed by atoms with E-state index in [1.165, 1.54) is 24.1 Å². The Morgan fingerprint density at radius 1 is 1.20 bits per heavy atom. The molecular formula is C17H30IN5OS. The maximum Gasteiger partial charge on any atom is 0.223 e. The number of nitrogens with zero attached hydrogens (tertiary/aromatic N) is 2. The van der Waals surface area contributed by atoms with Crippen molar-refractivity contribution < 1.29 is 4.79 Å². The first kappa shape index (κ1) is 22.1. The molecule has 142 valence electrons. The van der Waals surface area contributed by atoms with Crippen LogP contribution in [0.4, 0.5) is 0 Å². The second-order valence-electron chi connectivity index (χ2n) is 6.17. The van der Waals surface area contributed by atoms with E-state index in [0.29, 0.717) is 13.1 Å². The van der Waals surface area contributed by atoms with Gasteiger partial charge in [-0.1, -0.05) is 19.3 Å². The summed E-state index contributed by atoms with van der Waals surface area (Å²) in [6.45, 7) is 4.16. The summed E-state index contributed by atoms with van der Waals surface area (Å²) in [6.07, 6.45) is 8.52. The van der Waals surface area contributed by atoms with E-state index in [1.807, 2.05) is 6.20 Å². The van der Waals surface area contributed by atoms with E-state index >= 15 is 0 Å². The molecule has 6 nitrogen and oxygen atoms in total. The van der Waals surface area contributed by atoms with Crippen LogP contribution in [0.2, 0.25) is 0 Å². The van der Waals surface area contributed by atoms with Crippen molar-refractivity contribution in [3.8, 4) is 0 Å². The van der Waals surface area contributed by atoms with Crippen LogP contribution in [0.25, 0.3) is 0 Å². The third-order valence-electron chi connectivity index (χ3n) is 4.22. The third-order valence-corrected chi connectivity index (χ3v) is 5.19. The van der Waals surface area contributed by atoms with Gasteiger partial charge in [-0.25, -0.2) is 4.98 Å². The molecule has 0 unspecified atom stereocenters. The highest BCUT2D eigenvalue weighted by molar-refractivity contribution is 14.0. The Morgan fingerprint density at radius 2 is 1.88 bits per heavy atom. The lowest BCUT2D eigenvalue weighted by molar-refractivity contribution is -0.125. The standard InChI is InChI=1S/C17H29N5OS.HI/c1-13-12-22-15(24-13)8-9-20-17(18-2)21-11-10-19-16(23)14-6-4-3-5-7-14;/h12,14H,3-11H2,1-2H3,(H,19,23)(H2,18,20,21);1H. The molecule has 1 aliphatic rings. The van der Waals surface area contributed by atoms with Crippen LogP contribution in [0.5, 0.6) is 0 Å². The van der Waals surface area contributed by atoms with Crippen LogP contribution in [0.15, 0.2) is 11.2 Å². The molecule has 0 atom stereocenters. The predicted octanol–water partition coefficient (Wildman–Crippen LogP) is 2.47. The van der Waals surface area contributed by atoms with Gasteiger partial charge in [0.1, 0.15) is 0 Å². The van der Waals surface area contributed by atoms with Crippen molar-refractivity contribution >= 4 is 47.2 Å². The molecule has 1 fully saturated rings. The maximum absolute atomic E-state index is 12.1. The molecule has 1 amide bonds. The first-order valence-electron chi connectivity index (χ1n) is 8.82. The molecule has 0 radical (unpaired) electrons. The van der Waals surface area contributed by atoms with Gasteiger partial charge in [0.15, 0.2) is 5.96 Å². The highest BCUT2D eigenvalue weighted by Gasteiger charge is 2.20. The second-order valence-corrected chi connectivity index (χ2v) is 7.49. The topological polar surface area (TPSA) is 78.4 Å². The Hall–Kier alpha value is -0.900. The van der Waals surface area contributed by atoms with Crippen molar-refractivity contribution in [1.82, 2.24) is 20.9 Å². The second kappa shape index (κ2) is 12.5. The van der Waals surface area contributed by atoms with E-state index in [4.69, 9.17) is 0 Å². The molecule has 1 heterocycles. The lowest BCUT2D eigenvalue weighted by Gasteiger charge is -2.21. The van der Waals surface area contributed by atoms with Gasteiger partial charge in [-0.3, -0.25) is 9.79 Å². The Balaban J connectivity index is 0.00000312. The number of guanidine groups is 1. The normalized spacial score (nSPS) is 15.4. The first-order valence-corrected chi connectivity index (χ1v) is 9.64. The molecular weight excluding hydrogens is 449 g/mol. The number of aliphatic imine (C=N–C) groups is 1. The van der Waals surface area contributed by atoms with Crippen molar-refractivity contribution in [3.05, 3.63) is 16.1 Å². The van der Waals surface area contributed by atoms with Crippen LogP contribution < -0.4 is 16.0 Å². The first-order chi connectivity index (χ1) is 11.7. The summed E-state index contributed by atoms with van der Waals surface area (Å²) in [7, 11) is 1.75. The average Bonchev–Trinajstić information content (AvgIpc) is 3.02. The van der Waals surface area contributed by atoms with Crippen LogP contribution in [-0.2, 0) is 11.2 Å². The van der Waals surface area contributed by atoms with Gasteiger partial charge in [0, 0.05) is 50.1 Å². The Morgan fingerprint density at radius 3 is 2.52 bits per heavy atom. The zero-order valence-corrected chi connectivity index (χ0v) is 18.3. The number of halogens is 1. The van der Waals surface area contributed by atoms with Gasteiger partial charge >= 0.3 is 0 Å². The molecule has 1 aliphatic carbocycles. The number of nitrogens with one attached hydrogen (secondary N) is 3. The van der Waals surface area contributed by atoms with Gasteiger partial charge < -0.3 is 16.0 Å². The predicted molar refractivity (Wildman–Crippen MR) is 115 cm³/mol. The summed E-state index contributed by atoms with van der Waals surface area (Å²) in [6, 6.07) is 0. The van der Waals surface area contributed by atoms with Gasteiger partial charge in [0.25, 0.3) is 0 Å². The van der Waals surface area contributed by atoms with Crippen LogP contribution in [0.1, 0.15) is 42.0 Å². The number of thiazole rings is 1. The van der Waals surface area contributed by atoms with Crippen LogP contribution in [0.3, 0.4) is 0 Å². The molecule has 3 N–H and O–H groups in total. The number of carbonyl (C=O) groups is 1. The third kappa shape index (κ3) is 8.35. The number of rotatable bonds is 7. The van der Waals surface area contributed by atoms with E-state index < -0.39 is 0 Å². The molecule has 0 aromatic carbocycles. The largest absolute Gasteiger partial charge is 0.356 e. The number of amides is 1. The Kier molecular flexibility index (Phi) is 11.0. The van der Waals surface area contributed by atoms with Crippen molar-refractivity contribution in [2.24, 2.45) is 10.9 Å². The molecule has 1 saturated carbocycles. The monoisotopic (exact) mass is 479 g/mol. The van der Waals surface area contributed by atoms with Gasteiger partial charge in [0.2, 0.25) is 5.91 Å². The molecule has 0 saturated heterocycles. The van der Waals surface area contributed by atoms with E-state index in [9.17, 15) is 4.79 Å². The van der Waals surface area contributed by atoms with E-state index in [2.05, 4.69) is 32.9 Å². The maximum atomic E-state index is 12.1. The molecule has 1 aromatic rings. The molecule has 2 rings (SSSR count). The van der Waals surface area contributed by atoms with Crippen molar-refractivity contribution in [2.75, 3.05) is 26.7 Å². The van der Waals surface area contributed by atoms with Gasteiger partial charge in [-0.15, -0.1) is 35.3 Å². The smallest absolute Gasteiger partial charge is 0.223 e. The lowest BCUT2D eigenvalue weighted by atomic mass is 9.89. The molecule has 0 spiro atoms. The van der Waals surface area contributed by atoms with E-state index in [1.54, 1.807) is 18.4 Å². The van der Waals surface area contributed by atoms with Crippen molar-refractivity contribution in [2.45, 2.75) is 45.4 Å².